The van der Waals surface area contributed by atoms with E-state index < -0.39 is 18.0 Å². The first kappa shape index (κ1) is 20.5. The zero-order valence-electron chi connectivity index (χ0n) is 16.2. The molecule has 2 N–H and O–H groups in total. The summed E-state index contributed by atoms with van der Waals surface area (Å²) in [6, 6.07) is 11.2. The first-order valence-corrected chi connectivity index (χ1v) is 9.33. The maximum atomic E-state index is 12.7. The largest absolute Gasteiger partial charge is 0.491 e. The lowest BCUT2D eigenvalue weighted by Gasteiger charge is -2.30. The Bertz CT molecular complexity index is 959. The molecule has 3 rings (SSSR count). The first-order valence-electron chi connectivity index (χ1n) is 8.95. The third-order valence-electron chi connectivity index (χ3n) is 4.41. The molecular formula is C21H21ClN2O5. The SMILES string of the molecule is CCOc1cc(C2NC(=O)NC(c3ccccc3)=C2C(=O)OC)cc(Cl)c1OC. The first-order chi connectivity index (χ1) is 14.0. The number of ether oxygens (including phenoxy) is 3. The van der Waals surface area contributed by atoms with E-state index in [1.54, 1.807) is 24.3 Å². The van der Waals surface area contributed by atoms with Gasteiger partial charge in [0, 0.05) is 0 Å². The Morgan fingerprint density at radius 2 is 1.90 bits per heavy atom. The fourth-order valence-corrected chi connectivity index (χ4v) is 3.49. The van der Waals surface area contributed by atoms with Gasteiger partial charge in [0.15, 0.2) is 11.5 Å². The molecule has 0 aromatic heterocycles. The highest BCUT2D eigenvalue weighted by molar-refractivity contribution is 6.32. The van der Waals surface area contributed by atoms with E-state index in [0.717, 1.165) is 0 Å². The standard InChI is InChI=1S/C21H21ClN2O5/c1-4-29-15-11-13(10-14(22)19(15)27-2)18-16(20(25)28-3)17(23-21(26)24-18)12-8-6-5-7-9-12/h5-11,18H,4H2,1-3H3,(H2,23,24,26). The van der Waals surface area contributed by atoms with Gasteiger partial charge < -0.3 is 24.8 Å². The Labute approximate surface area is 173 Å². The number of hydrogen-bond donors (Lipinski definition) is 2. The Balaban J connectivity index is 2.21. The monoisotopic (exact) mass is 416 g/mol. The molecule has 0 fully saturated rings. The highest BCUT2D eigenvalue weighted by atomic mass is 35.5. The van der Waals surface area contributed by atoms with Crippen LogP contribution in [-0.2, 0) is 9.53 Å². The van der Waals surface area contributed by atoms with Crippen LogP contribution in [0, 0.1) is 0 Å². The molecule has 1 atom stereocenters. The lowest BCUT2D eigenvalue weighted by Crippen LogP contribution is -2.45. The molecule has 2 amide bonds. The number of methoxy groups -OCH3 is 2. The van der Waals surface area contributed by atoms with Crippen molar-refractivity contribution < 1.29 is 23.8 Å². The van der Waals surface area contributed by atoms with Gasteiger partial charge in [-0.05, 0) is 30.2 Å². The van der Waals surface area contributed by atoms with Gasteiger partial charge in [-0.3, -0.25) is 0 Å². The summed E-state index contributed by atoms with van der Waals surface area (Å²) in [7, 11) is 2.78. The number of carbonyl (C=O) groups excluding carboxylic acids is 2. The minimum Gasteiger partial charge on any atom is -0.491 e. The highest BCUT2D eigenvalue weighted by Crippen LogP contribution is 2.41. The Kier molecular flexibility index (Phi) is 6.29. The molecule has 0 saturated carbocycles. The maximum absolute atomic E-state index is 12.7. The summed E-state index contributed by atoms with van der Waals surface area (Å²) in [5.41, 5.74) is 1.86. The van der Waals surface area contributed by atoms with E-state index in [2.05, 4.69) is 10.6 Å². The van der Waals surface area contributed by atoms with Crippen molar-refractivity contribution in [1.29, 1.82) is 0 Å². The van der Waals surface area contributed by atoms with Crippen molar-refractivity contribution in [3.05, 3.63) is 64.2 Å². The molecule has 29 heavy (non-hydrogen) atoms. The number of halogens is 1. The normalized spacial score (nSPS) is 16.0. The van der Waals surface area contributed by atoms with Crippen LogP contribution in [0.5, 0.6) is 11.5 Å². The minimum atomic E-state index is -0.797. The quantitative estimate of drug-likeness (QED) is 0.701. The maximum Gasteiger partial charge on any atom is 0.338 e. The molecule has 0 saturated heterocycles. The molecule has 1 unspecified atom stereocenters. The van der Waals surface area contributed by atoms with Crippen molar-refractivity contribution in [2.45, 2.75) is 13.0 Å². The average molecular weight is 417 g/mol. The zero-order chi connectivity index (χ0) is 21.0. The fraction of sp³-hybridized carbons (Fsp3) is 0.238. The van der Waals surface area contributed by atoms with Crippen LogP contribution in [0.3, 0.4) is 0 Å². The Morgan fingerprint density at radius 1 is 1.17 bits per heavy atom. The van der Waals surface area contributed by atoms with Crippen molar-refractivity contribution in [2.24, 2.45) is 0 Å². The molecule has 1 heterocycles. The second kappa shape index (κ2) is 8.87. The molecule has 1 aliphatic heterocycles. The molecular weight excluding hydrogens is 396 g/mol. The molecule has 7 nitrogen and oxygen atoms in total. The molecule has 0 bridgehead atoms. The molecule has 0 aliphatic carbocycles. The van der Waals surface area contributed by atoms with Crippen LogP contribution in [0.15, 0.2) is 48.0 Å². The number of amides is 2. The molecule has 2 aromatic rings. The van der Waals surface area contributed by atoms with Gasteiger partial charge in [0.1, 0.15) is 0 Å². The summed E-state index contributed by atoms with van der Waals surface area (Å²) in [4.78, 5) is 25.1. The van der Waals surface area contributed by atoms with Crippen molar-refractivity contribution in [3.8, 4) is 11.5 Å². The average Bonchev–Trinajstić information content (AvgIpc) is 2.73. The number of hydrogen-bond acceptors (Lipinski definition) is 5. The van der Waals surface area contributed by atoms with Gasteiger partial charge in [-0.25, -0.2) is 9.59 Å². The summed E-state index contributed by atoms with van der Waals surface area (Å²) in [6.07, 6.45) is 0. The van der Waals surface area contributed by atoms with E-state index in [9.17, 15) is 9.59 Å². The van der Waals surface area contributed by atoms with Gasteiger partial charge >= 0.3 is 12.0 Å². The van der Waals surface area contributed by atoms with E-state index in [1.165, 1.54) is 14.2 Å². The number of esters is 1. The third kappa shape index (κ3) is 4.14. The van der Waals surface area contributed by atoms with Gasteiger partial charge in [0.05, 0.1) is 43.2 Å². The second-order valence-corrected chi connectivity index (χ2v) is 6.55. The summed E-state index contributed by atoms with van der Waals surface area (Å²) >= 11 is 6.38. The van der Waals surface area contributed by atoms with E-state index in [4.69, 9.17) is 25.8 Å². The van der Waals surface area contributed by atoms with Gasteiger partial charge in [-0.1, -0.05) is 41.9 Å². The van der Waals surface area contributed by atoms with Gasteiger partial charge in [0.25, 0.3) is 0 Å². The van der Waals surface area contributed by atoms with Crippen LogP contribution in [-0.4, -0.2) is 32.8 Å². The molecule has 2 aromatic carbocycles. The van der Waals surface area contributed by atoms with Gasteiger partial charge in [-0.15, -0.1) is 0 Å². The molecule has 1 aliphatic rings. The fourth-order valence-electron chi connectivity index (χ4n) is 3.19. The molecule has 152 valence electrons. The van der Waals surface area contributed by atoms with Crippen LogP contribution in [0.1, 0.15) is 24.1 Å². The Morgan fingerprint density at radius 3 is 2.52 bits per heavy atom. The highest BCUT2D eigenvalue weighted by Gasteiger charge is 2.35. The number of benzene rings is 2. The third-order valence-corrected chi connectivity index (χ3v) is 4.69. The number of carbonyl (C=O) groups is 2. The van der Waals surface area contributed by atoms with Crippen LogP contribution in [0.2, 0.25) is 5.02 Å². The van der Waals surface area contributed by atoms with Gasteiger partial charge in [0.2, 0.25) is 0 Å². The van der Waals surface area contributed by atoms with Crippen LogP contribution < -0.4 is 20.1 Å². The number of nitrogens with one attached hydrogen (secondary N) is 2. The van der Waals surface area contributed by atoms with Crippen molar-refractivity contribution in [3.63, 3.8) is 0 Å². The second-order valence-electron chi connectivity index (χ2n) is 6.14. The lowest BCUT2D eigenvalue weighted by molar-refractivity contribution is -0.136. The molecule has 0 spiro atoms. The van der Waals surface area contributed by atoms with Crippen molar-refractivity contribution >= 4 is 29.3 Å². The summed E-state index contributed by atoms with van der Waals surface area (Å²) < 4.78 is 16.0. The number of urea groups is 1. The van der Waals surface area contributed by atoms with E-state index in [1.807, 2.05) is 25.1 Å². The van der Waals surface area contributed by atoms with E-state index in [-0.39, 0.29) is 5.57 Å². The van der Waals surface area contributed by atoms with Crippen molar-refractivity contribution in [1.82, 2.24) is 10.6 Å². The van der Waals surface area contributed by atoms with E-state index in [0.29, 0.717) is 40.0 Å². The van der Waals surface area contributed by atoms with Crippen LogP contribution >= 0.6 is 11.6 Å². The topological polar surface area (TPSA) is 85.9 Å². The van der Waals surface area contributed by atoms with Crippen molar-refractivity contribution in [2.75, 3.05) is 20.8 Å². The van der Waals surface area contributed by atoms with Gasteiger partial charge in [-0.2, -0.15) is 0 Å². The van der Waals surface area contributed by atoms with Crippen LogP contribution in [0.25, 0.3) is 5.70 Å². The molecule has 0 radical (unpaired) electrons. The Hall–Kier alpha value is -3.19. The predicted octanol–water partition coefficient (Wildman–Crippen LogP) is 3.69. The molecule has 8 heteroatoms. The van der Waals surface area contributed by atoms with E-state index >= 15 is 0 Å². The summed E-state index contributed by atoms with van der Waals surface area (Å²) in [6.45, 7) is 2.23. The number of rotatable bonds is 6. The summed E-state index contributed by atoms with van der Waals surface area (Å²) in [5, 5.41) is 5.78. The van der Waals surface area contributed by atoms with Crippen LogP contribution in [0.4, 0.5) is 4.79 Å². The predicted molar refractivity (Wildman–Crippen MR) is 109 cm³/mol. The minimum absolute atomic E-state index is 0.252. The lowest BCUT2D eigenvalue weighted by atomic mass is 9.92. The smallest absolute Gasteiger partial charge is 0.338 e. The zero-order valence-corrected chi connectivity index (χ0v) is 17.0. The summed E-state index contributed by atoms with van der Waals surface area (Å²) in [5.74, 6) is 0.214.